The molecule has 0 saturated heterocycles. The fourth-order valence-electron chi connectivity index (χ4n) is 1.52. The van der Waals surface area contributed by atoms with Gasteiger partial charge in [0.15, 0.2) is 0 Å². The van der Waals surface area contributed by atoms with Gasteiger partial charge in [-0.15, -0.1) is 0 Å². The maximum absolute atomic E-state index is 11.8. The lowest BCUT2D eigenvalue weighted by Gasteiger charge is -2.05. The molecule has 0 fully saturated rings. The Morgan fingerprint density at radius 3 is 2.67 bits per heavy atom. The van der Waals surface area contributed by atoms with Crippen molar-refractivity contribution in [3.8, 4) is 0 Å². The number of nitrogens with zero attached hydrogens (tertiary/aromatic N) is 1. The zero-order valence-electron chi connectivity index (χ0n) is 8.03. The van der Waals surface area contributed by atoms with E-state index in [-0.39, 0.29) is 16.6 Å². The van der Waals surface area contributed by atoms with Crippen LogP contribution in [0.1, 0.15) is 11.7 Å². The minimum Gasteiger partial charge on any atom is -0.274 e. The van der Waals surface area contributed by atoms with Crippen molar-refractivity contribution in [1.29, 1.82) is 0 Å². The van der Waals surface area contributed by atoms with Crippen molar-refractivity contribution in [2.75, 3.05) is 0 Å². The van der Waals surface area contributed by atoms with Gasteiger partial charge in [0.25, 0.3) is 5.56 Å². The van der Waals surface area contributed by atoms with Gasteiger partial charge in [-0.25, -0.2) is 4.57 Å². The van der Waals surface area contributed by atoms with E-state index in [1.807, 2.05) is 6.07 Å². The van der Waals surface area contributed by atoms with E-state index in [1.54, 1.807) is 24.3 Å². The quantitative estimate of drug-likeness (QED) is 0.641. The van der Waals surface area contributed by atoms with Gasteiger partial charge in [-0.1, -0.05) is 29.8 Å². The predicted molar refractivity (Wildman–Crippen MR) is 59.5 cm³/mol. The molecule has 0 N–H and O–H groups in total. The SMILES string of the molecule is CC(=O)n1c(Cl)cc2ccccc2c1=O. The smallest absolute Gasteiger partial charge is 0.266 e. The second-order valence-corrected chi connectivity index (χ2v) is 3.60. The lowest BCUT2D eigenvalue weighted by atomic mass is 10.2. The van der Waals surface area contributed by atoms with Crippen LogP contribution < -0.4 is 5.56 Å². The van der Waals surface area contributed by atoms with E-state index < -0.39 is 0 Å². The Morgan fingerprint density at radius 1 is 1.33 bits per heavy atom. The molecule has 0 spiro atoms. The lowest BCUT2D eigenvalue weighted by molar-refractivity contribution is 0.0933. The van der Waals surface area contributed by atoms with Crippen LogP contribution >= 0.6 is 11.6 Å². The van der Waals surface area contributed by atoms with E-state index >= 15 is 0 Å². The van der Waals surface area contributed by atoms with Crippen LogP contribution in [0, 0.1) is 0 Å². The fourth-order valence-corrected chi connectivity index (χ4v) is 1.83. The van der Waals surface area contributed by atoms with E-state index in [4.69, 9.17) is 11.6 Å². The van der Waals surface area contributed by atoms with E-state index in [9.17, 15) is 9.59 Å². The van der Waals surface area contributed by atoms with Crippen molar-refractivity contribution in [2.45, 2.75) is 6.92 Å². The number of carbonyl (C=O) groups is 1. The van der Waals surface area contributed by atoms with Gasteiger partial charge < -0.3 is 0 Å². The summed E-state index contributed by atoms with van der Waals surface area (Å²) < 4.78 is 0.962. The fraction of sp³-hybridized carbons (Fsp3) is 0.0909. The minimum atomic E-state index is -0.379. The summed E-state index contributed by atoms with van der Waals surface area (Å²) in [6.45, 7) is 1.31. The average molecular weight is 222 g/mol. The molecule has 0 radical (unpaired) electrons. The molecular weight excluding hydrogens is 214 g/mol. The van der Waals surface area contributed by atoms with Crippen molar-refractivity contribution in [3.05, 3.63) is 45.8 Å². The van der Waals surface area contributed by atoms with Crippen molar-refractivity contribution in [3.63, 3.8) is 0 Å². The first kappa shape index (κ1) is 9.93. The molecule has 0 atom stereocenters. The first-order chi connectivity index (χ1) is 7.11. The van der Waals surface area contributed by atoms with Crippen LogP contribution in [0.4, 0.5) is 0 Å². The van der Waals surface area contributed by atoms with Crippen molar-refractivity contribution < 1.29 is 4.79 Å². The Hall–Kier alpha value is -1.61. The van der Waals surface area contributed by atoms with E-state index in [0.29, 0.717) is 5.39 Å². The molecule has 0 aliphatic rings. The highest BCUT2D eigenvalue weighted by Crippen LogP contribution is 2.15. The van der Waals surface area contributed by atoms with Crippen LogP contribution in [-0.4, -0.2) is 10.5 Å². The highest BCUT2D eigenvalue weighted by Gasteiger charge is 2.09. The summed E-state index contributed by atoms with van der Waals surface area (Å²) >= 11 is 5.85. The van der Waals surface area contributed by atoms with Gasteiger partial charge in [-0.3, -0.25) is 9.59 Å². The van der Waals surface area contributed by atoms with Crippen LogP contribution in [0.5, 0.6) is 0 Å². The molecule has 0 unspecified atom stereocenters. The van der Waals surface area contributed by atoms with E-state index in [2.05, 4.69) is 0 Å². The Bertz CT molecular complexity index is 601. The zero-order valence-corrected chi connectivity index (χ0v) is 8.78. The average Bonchev–Trinajstić information content (AvgIpc) is 2.17. The molecule has 1 heterocycles. The molecule has 2 rings (SSSR count). The highest BCUT2D eigenvalue weighted by molar-refractivity contribution is 6.31. The van der Waals surface area contributed by atoms with E-state index in [1.165, 1.54) is 6.92 Å². The number of rotatable bonds is 0. The van der Waals surface area contributed by atoms with Crippen LogP contribution in [0.3, 0.4) is 0 Å². The van der Waals surface area contributed by atoms with Crippen molar-refractivity contribution in [2.24, 2.45) is 0 Å². The highest BCUT2D eigenvalue weighted by atomic mass is 35.5. The molecule has 0 aliphatic heterocycles. The summed E-state index contributed by atoms with van der Waals surface area (Å²) in [6, 6.07) is 8.64. The maximum Gasteiger partial charge on any atom is 0.266 e. The van der Waals surface area contributed by atoms with Crippen molar-refractivity contribution in [1.82, 2.24) is 4.57 Å². The molecular formula is C11H8ClNO2. The normalized spacial score (nSPS) is 10.5. The van der Waals surface area contributed by atoms with Gasteiger partial charge in [0.1, 0.15) is 5.15 Å². The maximum atomic E-state index is 11.8. The molecule has 0 amide bonds. The van der Waals surface area contributed by atoms with Crippen LogP contribution in [0.2, 0.25) is 5.15 Å². The van der Waals surface area contributed by atoms with Gasteiger partial charge in [-0.05, 0) is 17.5 Å². The summed E-state index contributed by atoms with van der Waals surface area (Å²) in [5.41, 5.74) is -0.370. The first-order valence-corrected chi connectivity index (χ1v) is 4.80. The van der Waals surface area contributed by atoms with Crippen LogP contribution in [-0.2, 0) is 0 Å². The molecule has 1 aromatic carbocycles. The first-order valence-electron chi connectivity index (χ1n) is 4.42. The van der Waals surface area contributed by atoms with Gasteiger partial charge in [0.05, 0.1) is 0 Å². The van der Waals surface area contributed by atoms with Gasteiger partial charge in [0, 0.05) is 12.3 Å². The largest absolute Gasteiger partial charge is 0.274 e. The molecule has 76 valence electrons. The topological polar surface area (TPSA) is 39.1 Å². The van der Waals surface area contributed by atoms with Crippen LogP contribution in [0.25, 0.3) is 10.8 Å². The minimum absolute atomic E-state index is 0.145. The zero-order chi connectivity index (χ0) is 11.0. The standard InChI is InChI=1S/C11H8ClNO2/c1-7(14)13-10(12)6-8-4-2-3-5-9(8)11(13)15/h2-6H,1H3. The second kappa shape index (κ2) is 3.51. The van der Waals surface area contributed by atoms with Gasteiger partial charge in [-0.2, -0.15) is 0 Å². The van der Waals surface area contributed by atoms with E-state index in [0.717, 1.165) is 9.95 Å². The molecule has 1 aromatic heterocycles. The molecule has 4 heteroatoms. The Morgan fingerprint density at radius 2 is 2.00 bits per heavy atom. The number of halogens is 1. The van der Waals surface area contributed by atoms with Crippen molar-refractivity contribution >= 4 is 28.3 Å². The molecule has 0 saturated carbocycles. The lowest BCUT2D eigenvalue weighted by Crippen LogP contribution is -2.25. The Balaban J connectivity index is 2.97. The van der Waals surface area contributed by atoms with Crippen LogP contribution in [0.15, 0.2) is 35.1 Å². The van der Waals surface area contributed by atoms with Gasteiger partial charge >= 0.3 is 0 Å². The third kappa shape index (κ3) is 1.55. The number of benzene rings is 1. The summed E-state index contributed by atoms with van der Waals surface area (Å²) in [6.07, 6.45) is 0. The number of hydrogen-bond acceptors (Lipinski definition) is 2. The molecule has 15 heavy (non-hydrogen) atoms. The third-order valence-corrected chi connectivity index (χ3v) is 2.48. The summed E-state index contributed by atoms with van der Waals surface area (Å²) in [5, 5.41) is 1.38. The Labute approximate surface area is 90.9 Å². The second-order valence-electron chi connectivity index (χ2n) is 3.21. The molecule has 3 nitrogen and oxygen atoms in total. The molecule has 0 bridgehead atoms. The number of hydrogen-bond donors (Lipinski definition) is 0. The molecule has 2 aromatic rings. The molecule has 0 aliphatic carbocycles. The third-order valence-electron chi connectivity index (χ3n) is 2.20. The number of aromatic nitrogens is 1. The summed E-state index contributed by atoms with van der Waals surface area (Å²) in [7, 11) is 0. The summed E-state index contributed by atoms with van der Waals surface area (Å²) in [5.74, 6) is -0.379. The Kier molecular flexibility index (Phi) is 2.32. The number of pyridine rings is 1. The predicted octanol–water partition coefficient (Wildman–Crippen LogP) is 2.32. The van der Waals surface area contributed by atoms with Gasteiger partial charge in [0.2, 0.25) is 5.91 Å². The number of fused-ring (bicyclic) bond motifs is 1. The summed E-state index contributed by atoms with van der Waals surface area (Å²) in [4.78, 5) is 23.1. The monoisotopic (exact) mass is 221 g/mol. The number of carbonyl (C=O) groups excluding carboxylic acids is 1.